The second-order valence-electron chi connectivity index (χ2n) is 4.43. The van der Waals surface area contributed by atoms with E-state index in [1.54, 1.807) is 10.8 Å². The van der Waals surface area contributed by atoms with Crippen molar-refractivity contribution in [3.63, 3.8) is 0 Å². The van der Waals surface area contributed by atoms with Crippen LogP contribution in [0.4, 0.5) is 13.2 Å². The molecule has 1 aliphatic carbocycles. The van der Waals surface area contributed by atoms with Crippen LogP contribution in [0.1, 0.15) is 41.6 Å². The average molecular weight is 245 g/mol. The van der Waals surface area contributed by atoms with Crippen molar-refractivity contribution >= 4 is 5.78 Å². The highest BCUT2D eigenvalue weighted by Crippen LogP contribution is 2.24. The van der Waals surface area contributed by atoms with Crippen LogP contribution in [-0.2, 0) is 13.0 Å². The fraction of sp³-hybridized carbons (Fsp3) is 0.583. The van der Waals surface area contributed by atoms with Crippen LogP contribution in [0, 0.1) is 0 Å². The fourth-order valence-electron chi connectivity index (χ4n) is 2.17. The molecular formula is C12H14F3NO. The van der Waals surface area contributed by atoms with Crippen LogP contribution < -0.4 is 0 Å². The summed E-state index contributed by atoms with van der Waals surface area (Å²) in [6.45, 7) is 0.319. The molecule has 0 amide bonds. The molecule has 0 atom stereocenters. The van der Waals surface area contributed by atoms with Gasteiger partial charge in [-0.05, 0) is 24.8 Å². The number of alkyl halides is 3. The number of halogens is 3. The minimum absolute atomic E-state index is 0.0608. The van der Waals surface area contributed by atoms with Gasteiger partial charge in [-0.3, -0.25) is 4.79 Å². The quantitative estimate of drug-likeness (QED) is 0.800. The normalized spacial score (nSPS) is 16.1. The third kappa shape index (κ3) is 3.11. The zero-order valence-corrected chi connectivity index (χ0v) is 9.39. The molecule has 0 aliphatic heterocycles. The number of Topliss-reactive ketones (excluding diaryl/α,β-unsaturated/α-hetero) is 1. The molecule has 17 heavy (non-hydrogen) atoms. The molecule has 0 saturated carbocycles. The lowest BCUT2D eigenvalue weighted by molar-refractivity contribution is -0.135. The Morgan fingerprint density at radius 1 is 1.24 bits per heavy atom. The summed E-state index contributed by atoms with van der Waals surface area (Å²) in [5.41, 5.74) is 1.68. The number of hydrogen-bond donors (Lipinski definition) is 0. The molecule has 2 nitrogen and oxygen atoms in total. The van der Waals surface area contributed by atoms with Crippen LogP contribution in [0.5, 0.6) is 0 Å². The SMILES string of the molecule is O=C1CCCc2cn(CCCC(F)(F)F)cc21. The van der Waals surface area contributed by atoms with Gasteiger partial charge in [0.15, 0.2) is 5.78 Å². The minimum Gasteiger partial charge on any atom is -0.353 e. The van der Waals surface area contributed by atoms with E-state index in [1.165, 1.54) is 0 Å². The number of carbonyl (C=O) groups is 1. The van der Waals surface area contributed by atoms with E-state index in [0.717, 1.165) is 18.4 Å². The van der Waals surface area contributed by atoms with E-state index in [2.05, 4.69) is 0 Å². The van der Waals surface area contributed by atoms with Crippen molar-refractivity contribution in [3.8, 4) is 0 Å². The third-order valence-electron chi connectivity index (χ3n) is 2.99. The lowest BCUT2D eigenvalue weighted by Crippen LogP contribution is -2.08. The van der Waals surface area contributed by atoms with Crippen molar-refractivity contribution < 1.29 is 18.0 Å². The van der Waals surface area contributed by atoms with E-state index >= 15 is 0 Å². The van der Waals surface area contributed by atoms with Gasteiger partial charge in [0.25, 0.3) is 0 Å². The second-order valence-corrected chi connectivity index (χ2v) is 4.43. The van der Waals surface area contributed by atoms with Gasteiger partial charge in [-0.2, -0.15) is 13.2 Å². The maximum absolute atomic E-state index is 12.0. The molecule has 0 radical (unpaired) electrons. The number of aryl methyl sites for hydroxylation is 2. The molecule has 0 saturated heterocycles. The monoisotopic (exact) mass is 245 g/mol. The summed E-state index contributed by atoms with van der Waals surface area (Å²) < 4.78 is 37.7. The summed E-state index contributed by atoms with van der Waals surface area (Å²) in [4.78, 5) is 11.5. The van der Waals surface area contributed by atoms with Gasteiger partial charge in [0.05, 0.1) is 0 Å². The molecule has 1 aromatic rings. The number of aromatic nitrogens is 1. The zero-order chi connectivity index (χ0) is 12.5. The first kappa shape index (κ1) is 12.2. The Hall–Kier alpha value is -1.26. The summed E-state index contributed by atoms with van der Waals surface area (Å²) in [6.07, 6.45) is 0.943. The third-order valence-corrected chi connectivity index (χ3v) is 2.99. The van der Waals surface area contributed by atoms with E-state index in [9.17, 15) is 18.0 Å². The van der Waals surface area contributed by atoms with E-state index in [4.69, 9.17) is 0 Å². The second kappa shape index (κ2) is 4.55. The highest BCUT2D eigenvalue weighted by atomic mass is 19.4. The van der Waals surface area contributed by atoms with E-state index in [-0.39, 0.29) is 12.2 Å². The van der Waals surface area contributed by atoms with Crippen molar-refractivity contribution in [2.24, 2.45) is 0 Å². The van der Waals surface area contributed by atoms with Gasteiger partial charge in [-0.25, -0.2) is 0 Å². The summed E-state index contributed by atoms with van der Waals surface area (Å²) in [7, 11) is 0. The van der Waals surface area contributed by atoms with Crippen molar-refractivity contribution in [2.45, 2.75) is 44.8 Å². The van der Waals surface area contributed by atoms with Crippen molar-refractivity contribution in [2.75, 3.05) is 0 Å². The Morgan fingerprint density at radius 3 is 2.65 bits per heavy atom. The Morgan fingerprint density at radius 2 is 2.00 bits per heavy atom. The largest absolute Gasteiger partial charge is 0.389 e. The number of fused-ring (bicyclic) bond motifs is 1. The van der Waals surface area contributed by atoms with Crippen LogP contribution in [0.25, 0.3) is 0 Å². The van der Waals surface area contributed by atoms with Crippen molar-refractivity contribution in [1.29, 1.82) is 0 Å². The van der Waals surface area contributed by atoms with Gasteiger partial charge in [-0.1, -0.05) is 0 Å². The Bertz CT molecular complexity index is 420. The van der Waals surface area contributed by atoms with Crippen LogP contribution in [0.3, 0.4) is 0 Å². The molecule has 0 aromatic carbocycles. The maximum Gasteiger partial charge on any atom is 0.389 e. The molecule has 0 bridgehead atoms. The lowest BCUT2D eigenvalue weighted by Gasteiger charge is -2.07. The predicted molar refractivity (Wildman–Crippen MR) is 57.0 cm³/mol. The van der Waals surface area contributed by atoms with Gasteiger partial charge in [0.1, 0.15) is 0 Å². The van der Waals surface area contributed by atoms with Crippen LogP contribution in [-0.4, -0.2) is 16.5 Å². The summed E-state index contributed by atoms with van der Waals surface area (Å²) >= 11 is 0. The standard InChI is InChI=1S/C12H14F3NO/c13-12(14,15)5-2-6-16-7-9-3-1-4-11(17)10(9)8-16/h7-8H,1-6H2. The molecule has 0 spiro atoms. The number of carbonyl (C=O) groups excluding carboxylic acids is 1. The first-order chi connectivity index (χ1) is 7.96. The molecule has 94 valence electrons. The summed E-state index contributed by atoms with van der Waals surface area (Å²) in [5.74, 6) is 0.112. The minimum atomic E-state index is -4.09. The van der Waals surface area contributed by atoms with E-state index in [1.807, 2.05) is 6.20 Å². The van der Waals surface area contributed by atoms with Crippen LogP contribution in [0.2, 0.25) is 0 Å². The van der Waals surface area contributed by atoms with E-state index in [0.29, 0.717) is 18.5 Å². The number of ketones is 1. The molecular weight excluding hydrogens is 231 g/mol. The average Bonchev–Trinajstić information content (AvgIpc) is 2.60. The highest BCUT2D eigenvalue weighted by Gasteiger charge is 2.26. The van der Waals surface area contributed by atoms with Crippen LogP contribution in [0.15, 0.2) is 12.4 Å². The molecule has 0 N–H and O–H groups in total. The molecule has 2 rings (SSSR count). The van der Waals surface area contributed by atoms with Gasteiger partial charge in [-0.15, -0.1) is 0 Å². The first-order valence-corrected chi connectivity index (χ1v) is 5.74. The Balaban J connectivity index is 1.97. The smallest absolute Gasteiger partial charge is 0.353 e. The Labute approximate surface area is 97.4 Å². The van der Waals surface area contributed by atoms with Gasteiger partial charge in [0.2, 0.25) is 0 Å². The molecule has 1 aromatic heterocycles. The summed E-state index contributed by atoms with van der Waals surface area (Å²) in [5, 5.41) is 0. The topological polar surface area (TPSA) is 22.0 Å². The first-order valence-electron chi connectivity index (χ1n) is 5.74. The molecule has 0 unspecified atom stereocenters. The highest BCUT2D eigenvalue weighted by molar-refractivity contribution is 5.98. The molecule has 1 heterocycles. The Kier molecular flexibility index (Phi) is 3.26. The van der Waals surface area contributed by atoms with Crippen LogP contribution >= 0.6 is 0 Å². The molecule has 0 fully saturated rings. The van der Waals surface area contributed by atoms with Gasteiger partial charge in [0, 0.05) is 37.3 Å². The van der Waals surface area contributed by atoms with Gasteiger partial charge < -0.3 is 4.57 Å². The number of hydrogen-bond acceptors (Lipinski definition) is 1. The van der Waals surface area contributed by atoms with Crippen molar-refractivity contribution in [3.05, 3.63) is 23.5 Å². The number of rotatable bonds is 3. The molecule has 5 heteroatoms. The summed E-state index contributed by atoms with van der Waals surface area (Å²) in [6, 6.07) is 0. The fourth-order valence-corrected chi connectivity index (χ4v) is 2.17. The molecule has 1 aliphatic rings. The van der Waals surface area contributed by atoms with E-state index < -0.39 is 12.6 Å². The number of nitrogens with zero attached hydrogens (tertiary/aromatic N) is 1. The predicted octanol–water partition coefficient (Wildman–Crippen LogP) is 3.35. The lowest BCUT2D eigenvalue weighted by atomic mass is 9.95. The van der Waals surface area contributed by atoms with Crippen molar-refractivity contribution in [1.82, 2.24) is 4.57 Å². The zero-order valence-electron chi connectivity index (χ0n) is 9.39. The maximum atomic E-state index is 12.0. The van der Waals surface area contributed by atoms with Gasteiger partial charge >= 0.3 is 6.18 Å².